The molecule has 0 aromatic heterocycles. The molecule has 2 aliphatic heterocycles. The predicted molar refractivity (Wildman–Crippen MR) is 129 cm³/mol. The smallest absolute Gasteiger partial charge is 0.421 e. The van der Waals surface area contributed by atoms with E-state index in [0.717, 1.165) is 4.90 Å². The van der Waals surface area contributed by atoms with Gasteiger partial charge in [0.2, 0.25) is 11.8 Å². The molecule has 0 N–H and O–H groups in total. The van der Waals surface area contributed by atoms with Crippen molar-refractivity contribution in [3.63, 3.8) is 0 Å². The normalized spacial score (nSPS) is 22.5. The van der Waals surface area contributed by atoms with Crippen LogP contribution in [0.25, 0.3) is 0 Å². The van der Waals surface area contributed by atoms with Crippen LogP contribution in [0, 0.1) is 0 Å². The van der Waals surface area contributed by atoms with Gasteiger partial charge in [-0.2, -0.15) is 0 Å². The van der Waals surface area contributed by atoms with Crippen molar-refractivity contribution in [1.82, 2.24) is 0 Å². The molecule has 1 spiro atoms. The van der Waals surface area contributed by atoms with Gasteiger partial charge in [0.1, 0.15) is 11.0 Å². The van der Waals surface area contributed by atoms with Crippen molar-refractivity contribution < 1.29 is 19.1 Å². The number of piperidine rings is 1. The van der Waals surface area contributed by atoms with E-state index in [1.165, 1.54) is 0 Å². The molecule has 2 atom stereocenters. The van der Waals surface area contributed by atoms with Crippen molar-refractivity contribution >= 4 is 40.9 Å². The number of imide groups is 1. The van der Waals surface area contributed by atoms with E-state index in [4.69, 9.17) is 16.3 Å². The summed E-state index contributed by atoms with van der Waals surface area (Å²) in [6.07, 6.45) is -0.336. The third-order valence-corrected chi connectivity index (χ3v) is 6.30. The third-order valence-electron chi connectivity index (χ3n) is 6.07. The Morgan fingerprint density at radius 2 is 1.85 bits per heavy atom. The fraction of sp³-hybridized carbons (Fsp3) is 0.346. The average molecular weight is 467 g/mol. The van der Waals surface area contributed by atoms with Crippen LogP contribution in [0.4, 0.5) is 16.2 Å². The van der Waals surface area contributed by atoms with Gasteiger partial charge in [-0.1, -0.05) is 48.0 Å². The van der Waals surface area contributed by atoms with Gasteiger partial charge >= 0.3 is 6.09 Å². The van der Waals surface area contributed by atoms with E-state index in [1.54, 1.807) is 69.0 Å². The maximum Gasteiger partial charge on any atom is 0.421 e. The van der Waals surface area contributed by atoms with Gasteiger partial charge in [0, 0.05) is 17.1 Å². The molecular weight excluding hydrogens is 440 g/mol. The molecule has 6 nitrogen and oxygen atoms in total. The minimum Gasteiger partial charge on any atom is -0.443 e. The van der Waals surface area contributed by atoms with Crippen molar-refractivity contribution in [2.45, 2.75) is 57.6 Å². The molecule has 1 fully saturated rings. The van der Waals surface area contributed by atoms with Crippen molar-refractivity contribution in [2.75, 3.05) is 9.80 Å². The van der Waals surface area contributed by atoms with E-state index < -0.39 is 29.1 Å². The zero-order chi connectivity index (χ0) is 24.1. The monoisotopic (exact) mass is 466 g/mol. The number of benzene rings is 2. The number of ether oxygens (including phenoxy) is 1. The second-order valence-corrected chi connectivity index (χ2v) is 10.0. The zero-order valence-electron chi connectivity index (χ0n) is 19.2. The van der Waals surface area contributed by atoms with Crippen LogP contribution >= 0.6 is 11.6 Å². The summed E-state index contributed by atoms with van der Waals surface area (Å²) < 4.78 is 5.57. The number of nitrogens with zero attached hydrogens (tertiary/aromatic N) is 2. The number of carbonyl (C=O) groups excluding carboxylic acids is 3. The summed E-state index contributed by atoms with van der Waals surface area (Å²) in [6, 6.07) is 13.5. The molecule has 2 unspecified atom stereocenters. The van der Waals surface area contributed by atoms with Crippen molar-refractivity contribution in [3.05, 3.63) is 71.3 Å². The lowest BCUT2D eigenvalue weighted by Crippen LogP contribution is -2.62. The summed E-state index contributed by atoms with van der Waals surface area (Å²) in [6.45, 7) is 11.2. The van der Waals surface area contributed by atoms with Gasteiger partial charge in [0.05, 0.1) is 11.7 Å². The number of rotatable bonds is 2. The first-order valence-electron chi connectivity index (χ1n) is 10.9. The zero-order valence-corrected chi connectivity index (χ0v) is 20.0. The Morgan fingerprint density at radius 1 is 1.15 bits per heavy atom. The van der Waals surface area contributed by atoms with Crippen LogP contribution in [0.1, 0.15) is 46.1 Å². The summed E-state index contributed by atoms with van der Waals surface area (Å²) in [5.74, 6) is -0.539. The van der Waals surface area contributed by atoms with E-state index in [2.05, 4.69) is 6.58 Å². The molecule has 2 heterocycles. The van der Waals surface area contributed by atoms with Gasteiger partial charge in [-0.25, -0.2) is 9.69 Å². The molecule has 1 saturated heterocycles. The molecule has 0 bridgehead atoms. The maximum absolute atomic E-state index is 14.2. The molecular formula is C26H27ClN2O4. The SMILES string of the molecule is C=C(C)C1N(c2cccc(Cl)c2)C(=O)CCC12C(=O)N(C(=O)OC(C)(C)C)c1ccccc12. The highest BCUT2D eigenvalue weighted by molar-refractivity contribution is 6.31. The Labute approximate surface area is 198 Å². The summed E-state index contributed by atoms with van der Waals surface area (Å²) in [7, 11) is 0. The average Bonchev–Trinajstić information content (AvgIpc) is 2.96. The minimum atomic E-state index is -1.17. The second-order valence-electron chi connectivity index (χ2n) is 9.60. The van der Waals surface area contributed by atoms with E-state index in [0.29, 0.717) is 27.5 Å². The summed E-state index contributed by atoms with van der Waals surface area (Å²) in [5.41, 5.74) is 0.440. The highest BCUT2D eigenvalue weighted by Crippen LogP contribution is 2.53. The predicted octanol–water partition coefficient (Wildman–Crippen LogP) is 5.63. The number of hydrogen-bond donors (Lipinski definition) is 0. The Morgan fingerprint density at radius 3 is 2.48 bits per heavy atom. The second kappa shape index (κ2) is 8.03. The lowest BCUT2D eigenvalue weighted by Gasteiger charge is -2.47. The highest BCUT2D eigenvalue weighted by Gasteiger charge is 2.62. The van der Waals surface area contributed by atoms with Crippen molar-refractivity contribution in [2.24, 2.45) is 0 Å². The summed E-state index contributed by atoms with van der Waals surface area (Å²) >= 11 is 6.23. The fourth-order valence-corrected chi connectivity index (χ4v) is 5.13. The third kappa shape index (κ3) is 3.72. The Balaban J connectivity index is 1.91. The quantitative estimate of drug-likeness (QED) is 0.538. The number of halogens is 1. The number of amides is 3. The van der Waals surface area contributed by atoms with Crippen LogP contribution in [0.2, 0.25) is 5.02 Å². The molecule has 172 valence electrons. The summed E-state index contributed by atoms with van der Waals surface area (Å²) in [4.78, 5) is 43.2. The van der Waals surface area contributed by atoms with E-state index in [-0.39, 0.29) is 18.7 Å². The van der Waals surface area contributed by atoms with Gasteiger partial charge in [0.25, 0.3) is 0 Å². The summed E-state index contributed by atoms with van der Waals surface area (Å²) in [5, 5.41) is 0.480. The van der Waals surface area contributed by atoms with Gasteiger partial charge in [-0.3, -0.25) is 9.59 Å². The Hall–Kier alpha value is -3.12. The molecule has 0 radical (unpaired) electrons. The van der Waals surface area contributed by atoms with Crippen LogP contribution < -0.4 is 9.80 Å². The molecule has 0 saturated carbocycles. The lowest BCUT2D eigenvalue weighted by atomic mass is 9.66. The molecule has 33 heavy (non-hydrogen) atoms. The Bertz CT molecular complexity index is 1170. The van der Waals surface area contributed by atoms with Crippen LogP contribution in [-0.2, 0) is 19.7 Å². The first-order valence-corrected chi connectivity index (χ1v) is 11.3. The van der Waals surface area contributed by atoms with Crippen LogP contribution in [0.3, 0.4) is 0 Å². The standard InChI is InChI=1S/C26H27ClN2O4/c1-16(2)22-26(14-13-21(30)28(22)18-10-8-9-17(27)15-18)19-11-6-7-12-20(19)29(23(26)31)24(32)33-25(3,4)5/h6-12,15,22H,1,13-14H2,2-5H3. The Kier molecular flexibility index (Phi) is 5.61. The minimum absolute atomic E-state index is 0.128. The number of anilines is 2. The number of carbonyl (C=O) groups is 3. The molecule has 4 rings (SSSR count). The van der Waals surface area contributed by atoms with Gasteiger partial charge in [-0.05, 0) is 63.9 Å². The number of para-hydroxylation sites is 1. The molecule has 2 aliphatic rings. The van der Waals surface area contributed by atoms with E-state index in [1.807, 2.05) is 12.1 Å². The topological polar surface area (TPSA) is 66.9 Å². The van der Waals surface area contributed by atoms with E-state index in [9.17, 15) is 14.4 Å². The molecule has 7 heteroatoms. The molecule has 2 aromatic carbocycles. The van der Waals surface area contributed by atoms with Gasteiger partial charge in [0.15, 0.2) is 0 Å². The van der Waals surface area contributed by atoms with Crippen LogP contribution in [0.15, 0.2) is 60.7 Å². The number of fused-ring (bicyclic) bond motifs is 2. The highest BCUT2D eigenvalue weighted by atomic mass is 35.5. The van der Waals surface area contributed by atoms with Crippen LogP contribution in [0.5, 0.6) is 0 Å². The largest absolute Gasteiger partial charge is 0.443 e. The van der Waals surface area contributed by atoms with Crippen molar-refractivity contribution in [3.8, 4) is 0 Å². The fourth-order valence-electron chi connectivity index (χ4n) is 4.95. The molecule has 2 aromatic rings. The van der Waals surface area contributed by atoms with E-state index >= 15 is 0 Å². The first kappa shape index (κ1) is 23.1. The molecule has 3 amide bonds. The van der Waals surface area contributed by atoms with Crippen molar-refractivity contribution in [1.29, 1.82) is 0 Å². The van der Waals surface area contributed by atoms with Gasteiger partial charge < -0.3 is 9.64 Å². The maximum atomic E-state index is 14.2. The molecule has 0 aliphatic carbocycles. The van der Waals surface area contributed by atoms with Gasteiger partial charge in [-0.15, -0.1) is 0 Å². The lowest BCUT2D eigenvalue weighted by molar-refractivity contribution is -0.127. The first-order chi connectivity index (χ1) is 15.5. The number of hydrogen-bond acceptors (Lipinski definition) is 4. The van der Waals surface area contributed by atoms with Crippen LogP contribution in [-0.4, -0.2) is 29.6 Å².